The Balaban J connectivity index is 4.19. The van der Waals surface area contributed by atoms with E-state index in [1.54, 1.807) is 0 Å². The zero-order valence-electron chi connectivity index (χ0n) is 6.84. The van der Waals surface area contributed by atoms with E-state index in [0.717, 1.165) is 12.5 Å². The second kappa shape index (κ2) is 3.69. The van der Waals surface area contributed by atoms with Crippen LogP contribution in [0.15, 0.2) is 0 Å². The zero-order chi connectivity index (χ0) is 9.99. The first kappa shape index (κ1) is 11.8. The second-order valence-corrected chi connectivity index (χ2v) is 5.37. The van der Waals surface area contributed by atoms with Gasteiger partial charge in [-0.3, -0.25) is 0 Å². The Morgan fingerprint density at radius 3 is 1.33 bits per heavy atom. The van der Waals surface area contributed by atoms with Crippen LogP contribution >= 0.6 is 0 Å². The molecule has 0 unspecified atom stereocenters. The lowest BCUT2D eigenvalue weighted by Gasteiger charge is -2.09. The first-order chi connectivity index (χ1) is 5.10. The van der Waals surface area contributed by atoms with Gasteiger partial charge >= 0.3 is 0 Å². The number of hydrogen-bond donors (Lipinski definition) is 0. The smallest absolute Gasteiger partial charge is 0.237 e. The summed E-state index contributed by atoms with van der Waals surface area (Å²) in [5.74, 6) is 0. The molecular weight excluding hydrogens is 208 g/mol. The van der Waals surface area contributed by atoms with Gasteiger partial charge in [-0.05, 0) is 6.92 Å². The molecule has 12 heavy (non-hydrogen) atoms. The molecule has 0 aromatic heterocycles. The maximum absolute atomic E-state index is 10.4. The molecule has 0 aliphatic rings. The molecule has 0 atom stereocenters. The highest BCUT2D eigenvalue weighted by Gasteiger charge is 2.15. The van der Waals surface area contributed by atoms with Crippen LogP contribution in [0, 0.1) is 0 Å². The summed E-state index contributed by atoms with van der Waals surface area (Å²) in [7, 11) is -7.37. The van der Waals surface area contributed by atoms with Gasteiger partial charge in [0.2, 0.25) is 0 Å². The molecule has 0 N–H and O–H groups in total. The van der Waals surface area contributed by atoms with Crippen LogP contribution in [0.25, 0.3) is 0 Å². The van der Waals surface area contributed by atoms with Crippen LogP contribution < -0.4 is 0 Å². The summed E-state index contributed by atoms with van der Waals surface area (Å²) in [6, 6.07) is 0. The van der Waals surface area contributed by atoms with E-state index in [2.05, 4.69) is 8.37 Å². The average molecular weight is 218 g/mol. The Kier molecular flexibility index (Phi) is 3.63. The van der Waals surface area contributed by atoms with Crippen molar-refractivity contribution in [2.45, 2.75) is 13.2 Å². The fraction of sp³-hybridized carbons (Fsp3) is 1.00. The summed E-state index contributed by atoms with van der Waals surface area (Å²) in [6.07, 6.45) is 0.277. The Hall–Kier alpha value is -0.180. The predicted molar refractivity (Wildman–Crippen MR) is 41.3 cm³/mol. The molecule has 0 rings (SSSR count). The van der Waals surface area contributed by atoms with Crippen molar-refractivity contribution < 1.29 is 25.2 Å². The second-order valence-electron chi connectivity index (χ2n) is 2.17. The van der Waals surface area contributed by atoms with Crippen LogP contribution in [-0.4, -0.2) is 35.6 Å². The molecular formula is C4H10O6S2. The third-order valence-corrected chi connectivity index (χ3v) is 1.86. The fourth-order valence-electron chi connectivity index (χ4n) is 0.508. The molecule has 74 valence electrons. The molecule has 6 nitrogen and oxygen atoms in total. The molecule has 0 aliphatic carbocycles. The molecule has 0 bridgehead atoms. The van der Waals surface area contributed by atoms with Gasteiger partial charge in [0.25, 0.3) is 20.2 Å². The summed E-state index contributed by atoms with van der Waals surface area (Å²) >= 11 is 0. The van der Waals surface area contributed by atoms with Gasteiger partial charge in [0.05, 0.1) is 12.5 Å². The van der Waals surface area contributed by atoms with Crippen molar-refractivity contribution in [3.8, 4) is 0 Å². The molecule has 0 heterocycles. The normalized spacial score (nSPS) is 13.7. The fourth-order valence-corrected chi connectivity index (χ4v) is 1.62. The highest BCUT2D eigenvalue weighted by molar-refractivity contribution is 7.86. The predicted octanol–water partition coefficient (Wildman–Crippen LogP) is -0.715. The van der Waals surface area contributed by atoms with Crippen molar-refractivity contribution >= 4 is 20.2 Å². The average Bonchev–Trinajstić information content (AvgIpc) is 1.49. The van der Waals surface area contributed by atoms with E-state index in [4.69, 9.17) is 0 Å². The van der Waals surface area contributed by atoms with Crippen LogP contribution in [0.1, 0.15) is 6.92 Å². The van der Waals surface area contributed by atoms with Gasteiger partial charge in [-0.25, -0.2) is 8.37 Å². The molecule has 0 aliphatic heterocycles. The molecule has 0 saturated heterocycles. The Morgan fingerprint density at radius 2 is 1.17 bits per heavy atom. The lowest BCUT2D eigenvalue weighted by molar-refractivity contribution is 0.0361. The lowest BCUT2D eigenvalue weighted by atomic mass is 10.8. The summed E-state index contributed by atoms with van der Waals surface area (Å²) in [5.41, 5.74) is 0. The third kappa shape index (κ3) is 7.92. The topological polar surface area (TPSA) is 86.7 Å². The van der Waals surface area contributed by atoms with E-state index < -0.39 is 26.5 Å². The summed E-state index contributed by atoms with van der Waals surface area (Å²) < 4.78 is 50.1. The number of hydrogen-bond acceptors (Lipinski definition) is 6. The maximum Gasteiger partial charge on any atom is 0.266 e. The lowest BCUT2D eigenvalue weighted by Crippen LogP contribution is -2.20. The molecule has 0 radical (unpaired) electrons. The summed E-state index contributed by atoms with van der Waals surface area (Å²) in [4.78, 5) is 0. The first-order valence-electron chi connectivity index (χ1n) is 2.87. The zero-order valence-corrected chi connectivity index (χ0v) is 8.48. The van der Waals surface area contributed by atoms with E-state index in [0.29, 0.717) is 0 Å². The molecule has 8 heteroatoms. The van der Waals surface area contributed by atoms with Crippen molar-refractivity contribution in [2.75, 3.05) is 12.5 Å². The Bertz CT molecular complexity index is 291. The molecule has 0 saturated carbocycles. The van der Waals surface area contributed by atoms with Crippen LogP contribution in [0.3, 0.4) is 0 Å². The van der Waals surface area contributed by atoms with Crippen LogP contribution in [0.4, 0.5) is 0 Å². The van der Waals surface area contributed by atoms with Crippen LogP contribution in [0.5, 0.6) is 0 Å². The first-order valence-corrected chi connectivity index (χ1v) is 6.50. The monoisotopic (exact) mass is 218 g/mol. The van der Waals surface area contributed by atoms with Crippen molar-refractivity contribution in [1.82, 2.24) is 0 Å². The minimum atomic E-state index is -3.69. The quantitative estimate of drug-likeness (QED) is 0.457. The van der Waals surface area contributed by atoms with E-state index in [-0.39, 0.29) is 0 Å². The van der Waals surface area contributed by atoms with Gasteiger partial charge in [0.1, 0.15) is 0 Å². The van der Waals surface area contributed by atoms with Gasteiger partial charge in [-0.2, -0.15) is 16.8 Å². The van der Waals surface area contributed by atoms with Gasteiger partial charge in [-0.15, -0.1) is 0 Å². The molecule has 0 amide bonds. The Labute approximate surface area is 71.7 Å². The third-order valence-electron chi connectivity index (χ3n) is 0.621. The van der Waals surface area contributed by atoms with E-state index in [9.17, 15) is 16.8 Å². The van der Waals surface area contributed by atoms with Gasteiger partial charge in [0.15, 0.2) is 6.29 Å². The van der Waals surface area contributed by atoms with Crippen molar-refractivity contribution in [1.29, 1.82) is 0 Å². The molecule has 0 spiro atoms. The summed E-state index contributed by atoms with van der Waals surface area (Å²) in [5, 5.41) is 0. The summed E-state index contributed by atoms with van der Waals surface area (Å²) in [6.45, 7) is 1.17. The van der Waals surface area contributed by atoms with Gasteiger partial charge in [0, 0.05) is 0 Å². The standard InChI is InChI=1S/C4H10O6S2/c1-4(9-11(2,5)6)10-12(3,7)8/h4H,1-3H3. The van der Waals surface area contributed by atoms with Crippen LogP contribution in [-0.2, 0) is 28.6 Å². The Morgan fingerprint density at radius 1 is 0.917 bits per heavy atom. The van der Waals surface area contributed by atoms with Crippen LogP contribution in [0.2, 0.25) is 0 Å². The maximum atomic E-state index is 10.4. The largest absolute Gasteiger partial charge is 0.266 e. The number of rotatable bonds is 4. The SMILES string of the molecule is CC(OS(C)(=O)=O)OS(C)(=O)=O. The van der Waals surface area contributed by atoms with E-state index >= 15 is 0 Å². The van der Waals surface area contributed by atoms with Gasteiger partial charge < -0.3 is 0 Å². The minimum absolute atomic E-state index is 0.801. The molecule has 0 aromatic carbocycles. The highest BCUT2D eigenvalue weighted by atomic mass is 32.2. The van der Waals surface area contributed by atoms with Crippen molar-refractivity contribution in [3.63, 3.8) is 0 Å². The molecule has 0 aromatic rings. The van der Waals surface area contributed by atoms with Crippen molar-refractivity contribution in [2.24, 2.45) is 0 Å². The molecule has 0 fully saturated rings. The van der Waals surface area contributed by atoms with Gasteiger partial charge in [-0.1, -0.05) is 0 Å². The highest BCUT2D eigenvalue weighted by Crippen LogP contribution is 2.01. The minimum Gasteiger partial charge on any atom is -0.237 e. The van der Waals surface area contributed by atoms with Crippen molar-refractivity contribution in [3.05, 3.63) is 0 Å². The van der Waals surface area contributed by atoms with E-state index in [1.807, 2.05) is 0 Å². The van der Waals surface area contributed by atoms with E-state index in [1.165, 1.54) is 6.92 Å².